The summed E-state index contributed by atoms with van der Waals surface area (Å²) < 4.78 is 20.0. The predicted octanol–water partition coefficient (Wildman–Crippen LogP) is 4.49. The van der Waals surface area contributed by atoms with Crippen LogP contribution in [0.25, 0.3) is 21.3 Å². The molecule has 1 N–H and O–H groups in total. The number of amides is 1. The third kappa shape index (κ3) is 3.70. The second-order valence-corrected chi connectivity index (χ2v) is 8.26. The summed E-state index contributed by atoms with van der Waals surface area (Å²) in [7, 11) is 0. The van der Waals surface area contributed by atoms with Crippen LogP contribution in [0.4, 0.5) is 9.18 Å². The first kappa shape index (κ1) is 19.4. The van der Waals surface area contributed by atoms with Crippen LogP contribution in [0.3, 0.4) is 0 Å². The maximum Gasteiger partial charge on any atom is 0.410 e. The molecule has 0 bridgehead atoms. The van der Waals surface area contributed by atoms with Gasteiger partial charge in [-0.05, 0) is 29.2 Å². The van der Waals surface area contributed by atoms with E-state index in [0.717, 1.165) is 22.3 Å². The lowest BCUT2D eigenvalue weighted by molar-refractivity contribution is 0.0919. The van der Waals surface area contributed by atoms with Crippen LogP contribution in [0.15, 0.2) is 58.7 Å². The van der Waals surface area contributed by atoms with Crippen molar-refractivity contribution in [2.24, 2.45) is 0 Å². The van der Waals surface area contributed by atoms with E-state index in [4.69, 9.17) is 4.74 Å². The van der Waals surface area contributed by atoms with Gasteiger partial charge in [0.05, 0.1) is 10.1 Å². The van der Waals surface area contributed by atoms with Crippen LogP contribution in [-0.2, 0) is 24.3 Å². The number of carbonyl (C=O) groups excluding carboxylic acids is 1. The molecular weight excluding hydrogens is 417 g/mol. The number of thiophene rings is 1. The zero-order valence-corrected chi connectivity index (χ0v) is 17.2. The highest BCUT2D eigenvalue weighted by Gasteiger charge is 2.23. The van der Waals surface area contributed by atoms with Gasteiger partial charge in [-0.1, -0.05) is 42.5 Å². The Hall–Kier alpha value is -3.52. The van der Waals surface area contributed by atoms with Crippen LogP contribution >= 0.6 is 11.3 Å². The van der Waals surface area contributed by atoms with Crippen LogP contribution in [0.1, 0.15) is 16.7 Å². The van der Waals surface area contributed by atoms with E-state index in [0.29, 0.717) is 29.9 Å². The van der Waals surface area contributed by atoms with Crippen molar-refractivity contribution in [1.29, 1.82) is 0 Å². The van der Waals surface area contributed by atoms with E-state index >= 15 is 0 Å². The summed E-state index contributed by atoms with van der Waals surface area (Å²) in [5.41, 5.74) is 3.91. The largest absolute Gasteiger partial charge is 0.445 e. The van der Waals surface area contributed by atoms with E-state index in [-0.39, 0.29) is 18.1 Å². The monoisotopic (exact) mass is 435 g/mol. The Labute approximate surface area is 180 Å². The van der Waals surface area contributed by atoms with Gasteiger partial charge in [0.25, 0.3) is 5.56 Å². The summed E-state index contributed by atoms with van der Waals surface area (Å²) in [4.78, 5) is 26.1. The number of nitrogens with one attached hydrogen (secondary N) is 1. The Morgan fingerprint density at radius 1 is 1.19 bits per heavy atom. The lowest BCUT2D eigenvalue weighted by Gasteiger charge is -2.28. The first-order valence-electron chi connectivity index (χ1n) is 9.83. The van der Waals surface area contributed by atoms with E-state index in [1.165, 1.54) is 16.7 Å². The summed E-state index contributed by atoms with van der Waals surface area (Å²) in [6, 6.07) is 15.4. The van der Waals surface area contributed by atoms with Crippen molar-refractivity contribution in [3.05, 3.63) is 86.8 Å². The number of aromatic nitrogens is 2. The van der Waals surface area contributed by atoms with Crippen molar-refractivity contribution < 1.29 is 13.9 Å². The molecule has 6 nitrogen and oxygen atoms in total. The van der Waals surface area contributed by atoms with Crippen LogP contribution in [0.2, 0.25) is 0 Å². The molecular formula is C23H18FN3O3S. The molecule has 0 aliphatic carbocycles. The fraction of sp³-hybridized carbons (Fsp3) is 0.174. The fourth-order valence-electron chi connectivity index (χ4n) is 3.80. The zero-order valence-electron chi connectivity index (χ0n) is 16.4. The Kier molecular flexibility index (Phi) is 4.99. The van der Waals surface area contributed by atoms with E-state index in [9.17, 15) is 14.0 Å². The highest BCUT2D eigenvalue weighted by Crippen LogP contribution is 2.32. The van der Waals surface area contributed by atoms with Gasteiger partial charge in [-0.3, -0.25) is 4.79 Å². The summed E-state index contributed by atoms with van der Waals surface area (Å²) in [5.74, 6) is -0.535. The smallest absolute Gasteiger partial charge is 0.410 e. The van der Waals surface area contributed by atoms with Crippen molar-refractivity contribution in [3.63, 3.8) is 0 Å². The molecule has 156 valence electrons. The third-order valence-corrected chi connectivity index (χ3v) is 6.37. The number of benzene rings is 2. The molecule has 0 fully saturated rings. The Morgan fingerprint density at radius 2 is 2.03 bits per heavy atom. The van der Waals surface area contributed by atoms with Gasteiger partial charge < -0.3 is 9.64 Å². The van der Waals surface area contributed by atoms with Crippen LogP contribution in [-0.4, -0.2) is 27.7 Å². The van der Waals surface area contributed by atoms with Gasteiger partial charge in [-0.15, -0.1) is 11.3 Å². The Balaban J connectivity index is 1.35. The number of H-pyrrole nitrogens is 1. The lowest BCUT2D eigenvalue weighted by Crippen LogP contribution is -2.36. The van der Waals surface area contributed by atoms with Crippen molar-refractivity contribution in [2.75, 3.05) is 6.54 Å². The molecule has 0 spiro atoms. The maximum atomic E-state index is 14.0. The average molecular weight is 435 g/mol. The molecule has 0 atom stereocenters. The van der Waals surface area contributed by atoms with Crippen LogP contribution < -0.4 is 5.56 Å². The van der Waals surface area contributed by atoms with E-state index in [1.807, 2.05) is 48.5 Å². The standard InChI is InChI=1S/C23H18FN3O3S/c24-18-13-31-21-19(18)22(28)26-25-20(21)16-6-7-17-11-27(9-8-15(17)10-16)23(29)30-12-14-4-2-1-3-5-14/h1-7,10,13H,8-9,11-12H2,(H,26,28). The molecule has 1 amide bonds. The lowest BCUT2D eigenvalue weighted by atomic mass is 9.96. The highest BCUT2D eigenvalue weighted by atomic mass is 32.1. The van der Waals surface area contributed by atoms with Gasteiger partial charge in [0.1, 0.15) is 18.1 Å². The molecule has 4 aromatic rings. The number of fused-ring (bicyclic) bond motifs is 2. The van der Waals surface area contributed by atoms with Gasteiger partial charge in [-0.2, -0.15) is 5.10 Å². The molecule has 3 heterocycles. The minimum absolute atomic E-state index is 0.0417. The summed E-state index contributed by atoms with van der Waals surface area (Å²) in [5, 5.41) is 7.91. The molecule has 1 aliphatic heterocycles. The van der Waals surface area contributed by atoms with Crippen molar-refractivity contribution >= 4 is 27.5 Å². The number of hydrogen-bond acceptors (Lipinski definition) is 5. The third-order valence-electron chi connectivity index (χ3n) is 5.41. The van der Waals surface area contributed by atoms with Crippen LogP contribution in [0.5, 0.6) is 0 Å². The summed E-state index contributed by atoms with van der Waals surface area (Å²) in [6.45, 7) is 1.25. The molecule has 0 saturated heterocycles. The number of halogens is 1. The van der Waals surface area contributed by atoms with Gasteiger partial charge in [-0.25, -0.2) is 14.3 Å². The summed E-state index contributed by atoms with van der Waals surface area (Å²) in [6.07, 6.45) is 0.339. The second-order valence-electron chi connectivity index (χ2n) is 7.38. The molecule has 2 aromatic carbocycles. The molecule has 0 radical (unpaired) electrons. The van der Waals surface area contributed by atoms with Crippen LogP contribution in [0, 0.1) is 5.82 Å². The highest BCUT2D eigenvalue weighted by molar-refractivity contribution is 7.17. The minimum atomic E-state index is -0.535. The molecule has 5 rings (SSSR count). The Morgan fingerprint density at radius 3 is 2.87 bits per heavy atom. The van der Waals surface area contributed by atoms with Gasteiger partial charge in [0.2, 0.25) is 0 Å². The SMILES string of the molecule is O=C(OCc1ccccc1)N1CCc2cc(-c3n[nH]c(=O)c4c(F)csc34)ccc2C1. The zero-order chi connectivity index (χ0) is 21.4. The minimum Gasteiger partial charge on any atom is -0.445 e. The first-order valence-corrected chi connectivity index (χ1v) is 10.7. The van der Waals surface area contributed by atoms with Crippen molar-refractivity contribution in [3.8, 4) is 11.3 Å². The van der Waals surface area contributed by atoms with Crippen molar-refractivity contribution in [1.82, 2.24) is 15.1 Å². The number of rotatable bonds is 3. The van der Waals surface area contributed by atoms with Gasteiger partial charge in [0, 0.05) is 24.0 Å². The second kappa shape index (κ2) is 7.96. The average Bonchev–Trinajstić information content (AvgIpc) is 3.20. The fourth-order valence-corrected chi connectivity index (χ4v) is 4.72. The van der Waals surface area contributed by atoms with E-state index in [1.54, 1.807) is 4.90 Å². The number of carbonyl (C=O) groups is 1. The molecule has 0 saturated carbocycles. The molecule has 1 aliphatic rings. The van der Waals surface area contributed by atoms with Gasteiger partial charge in [0.15, 0.2) is 0 Å². The number of hydrogen-bond donors (Lipinski definition) is 1. The first-order chi connectivity index (χ1) is 15.1. The van der Waals surface area contributed by atoms with Crippen molar-refractivity contribution in [2.45, 2.75) is 19.6 Å². The Bertz CT molecular complexity index is 1330. The number of aromatic amines is 1. The number of ether oxygens (including phenoxy) is 1. The maximum absolute atomic E-state index is 14.0. The molecule has 8 heteroatoms. The topological polar surface area (TPSA) is 75.3 Å². The van der Waals surface area contributed by atoms with Gasteiger partial charge >= 0.3 is 6.09 Å². The van der Waals surface area contributed by atoms with E-state index < -0.39 is 11.4 Å². The normalized spacial score (nSPS) is 13.3. The van der Waals surface area contributed by atoms with E-state index in [2.05, 4.69) is 10.2 Å². The quantitative estimate of drug-likeness (QED) is 0.515. The summed E-state index contributed by atoms with van der Waals surface area (Å²) >= 11 is 1.17. The predicted molar refractivity (Wildman–Crippen MR) is 116 cm³/mol. The molecule has 0 unspecified atom stereocenters. The molecule has 2 aromatic heterocycles. The number of nitrogens with zero attached hydrogens (tertiary/aromatic N) is 2. The molecule has 31 heavy (non-hydrogen) atoms.